The molecular formula is C16H24O2. The SMILES string of the molecule is CCCC(OC)C(O)c1ccc(C2CCC2)cc1. The molecule has 0 aliphatic heterocycles. The molecule has 0 bridgehead atoms. The van der Waals surface area contributed by atoms with Gasteiger partial charge in [0.25, 0.3) is 0 Å². The third-order valence-electron chi connectivity index (χ3n) is 4.08. The predicted octanol–water partition coefficient (Wildman–Crippen LogP) is 3.80. The summed E-state index contributed by atoms with van der Waals surface area (Å²) >= 11 is 0. The van der Waals surface area contributed by atoms with Gasteiger partial charge in [0.15, 0.2) is 0 Å². The fraction of sp³-hybridized carbons (Fsp3) is 0.625. The quantitative estimate of drug-likeness (QED) is 0.829. The lowest BCUT2D eigenvalue weighted by Gasteiger charge is -2.26. The zero-order valence-corrected chi connectivity index (χ0v) is 11.4. The maximum Gasteiger partial charge on any atom is 0.105 e. The van der Waals surface area contributed by atoms with Gasteiger partial charge in [-0.05, 0) is 36.3 Å². The molecule has 1 fully saturated rings. The van der Waals surface area contributed by atoms with Crippen LogP contribution >= 0.6 is 0 Å². The van der Waals surface area contributed by atoms with Crippen molar-refractivity contribution < 1.29 is 9.84 Å². The standard InChI is InChI=1S/C16H24O2/c1-3-5-15(18-2)16(17)14-10-8-13(9-11-14)12-6-4-7-12/h8-12,15-17H,3-7H2,1-2H3. The summed E-state index contributed by atoms with van der Waals surface area (Å²) in [4.78, 5) is 0. The van der Waals surface area contributed by atoms with Gasteiger partial charge in [-0.25, -0.2) is 0 Å². The molecule has 2 rings (SSSR count). The van der Waals surface area contributed by atoms with Gasteiger partial charge in [0.05, 0.1) is 6.10 Å². The average Bonchev–Trinajstić information content (AvgIpc) is 2.34. The lowest BCUT2D eigenvalue weighted by Crippen LogP contribution is -2.20. The van der Waals surface area contributed by atoms with E-state index in [1.54, 1.807) is 7.11 Å². The van der Waals surface area contributed by atoms with Crippen LogP contribution < -0.4 is 0 Å². The molecule has 1 aliphatic carbocycles. The average molecular weight is 248 g/mol. The molecule has 0 heterocycles. The van der Waals surface area contributed by atoms with Gasteiger partial charge < -0.3 is 9.84 Å². The molecule has 1 aromatic carbocycles. The minimum atomic E-state index is -0.509. The van der Waals surface area contributed by atoms with Gasteiger partial charge in [-0.1, -0.05) is 44.0 Å². The normalized spacial score (nSPS) is 19.3. The van der Waals surface area contributed by atoms with Crippen LogP contribution in [-0.2, 0) is 4.74 Å². The van der Waals surface area contributed by atoms with Crippen molar-refractivity contribution in [3.63, 3.8) is 0 Å². The molecule has 1 saturated carbocycles. The number of aliphatic hydroxyl groups excluding tert-OH is 1. The Morgan fingerprint density at radius 3 is 2.39 bits per heavy atom. The van der Waals surface area contributed by atoms with Gasteiger partial charge in [0, 0.05) is 7.11 Å². The molecule has 0 spiro atoms. The number of benzene rings is 1. The lowest BCUT2D eigenvalue weighted by molar-refractivity contribution is -0.0179. The van der Waals surface area contributed by atoms with E-state index >= 15 is 0 Å². The molecule has 1 aromatic rings. The summed E-state index contributed by atoms with van der Waals surface area (Å²) in [6, 6.07) is 8.45. The Morgan fingerprint density at radius 2 is 1.94 bits per heavy atom. The van der Waals surface area contributed by atoms with Crippen LogP contribution in [0.4, 0.5) is 0 Å². The van der Waals surface area contributed by atoms with E-state index in [1.165, 1.54) is 24.8 Å². The number of hydrogen-bond acceptors (Lipinski definition) is 2. The Labute approximate surface area is 110 Å². The van der Waals surface area contributed by atoms with Crippen LogP contribution in [-0.4, -0.2) is 18.3 Å². The molecule has 2 unspecified atom stereocenters. The van der Waals surface area contributed by atoms with Gasteiger partial charge in [0.2, 0.25) is 0 Å². The highest BCUT2D eigenvalue weighted by Crippen LogP contribution is 2.36. The van der Waals surface area contributed by atoms with Crippen molar-refractivity contribution >= 4 is 0 Å². The van der Waals surface area contributed by atoms with Gasteiger partial charge in [-0.2, -0.15) is 0 Å². The Morgan fingerprint density at radius 1 is 1.28 bits per heavy atom. The number of aliphatic hydroxyl groups is 1. The molecule has 0 aromatic heterocycles. The van der Waals surface area contributed by atoms with Gasteiger partial charge >= 0.3 is 0 Å². The Bertz CT molecular complexity index is 354. The first-order valence-electron chi connectivity index (χ1n) is 7.07. The molecular weight excluding hydrogens is 224 g/mol. The highest BCUT2D eigenvalue weighted by Gasteiger charge is 2.22. The number of hydrogen-bond donors (Lipinski definition) is 1. The van der Waals surface area contributed by atoms with Crippen molar-refractivity contribution in [2.75, 3.05) is 7.11 Å². The minimum absolute atomic E-state index is 0.0930. The molecule has 2 nitrogen and oxygen atoms in total. The third kappa shape index (κ3) is 2.93. The second kappa shape index (κ2) is 6.35. The summed E-state index contributed by atoms with van der Waals surface area (Å²) in [7, 11) is 1.67. The Hall–Kier alpha value is -0.860. The van der Waals surface area contributed by atoms with E-state index in [1.807, 2.05) is 0 Å². The van der Waals surface area contributed by atoms with Crippen LogP contribution in [0.15, 0.2) is 24.3 Å². The van der Waals surface area contributed by atoms with Crippen LogP contribution in [0.3, 0.4) is 0 Å². The Balaban J connectivity index is 2.03. The van der Waals surface area contributed by atoms with Crippen LogP contribution in [0.5, 0.6) is 0 Å². The fourth-order valence-electron chi connectivity index (χ4n) is 2.61. The molecule has 0 amide bonds. The molecule has 0 saturated heterocycles. The largest absolute Gasteiger partial charge is 0.386 e. The van der Waals surface area contributed by atoms with Crippen LogP contribution in [0.25, 0.3) is 0 Å². The summed E-state index contributed by atoms with van der Waals surface area (Å²) < 4.78 is 5.37. The minimum Gasteiger partial charge on any atom is -0.386 e. The summed E-state index contributed by atoms with van der Waals surface area (Å²) in [6.45, 7) is 2.11. The summed E-state index contributed by atoms with van der Waals surface area (Å²) in [5.41, 5.74) is 2.39. The fourth-order valence-corrected chi connectivity index (χ4v) is 2.61. The van der Waals surface area contributed by atoms with Crippen LogP contribution in [0.1, 0.15) is 62.2 Å². The summed E-state index contributed by atoms with van der Waals surface area (Å²) in [5, 5.41) is 10.3. The first-order valence-corrected chi connectivity index (χ1v) is 7.07. The first kappa shape index (κ1) is 13.6. The topological polar surface area (TPSA) is 29.5 Å². The van der Waals surface area contributed by atoms with Crippen LogP contribution in [0.2, 0.25) is 0 Å². The smallest absolute Gasteiger partial charge is 0.105 e. The number of ether oxygens (including phenoxy) is 1. The predicted molar refractivity (Wildman–Crippen MR) is 73.7 cm³/mol. The number of rotatable bonds is 6. The van der Waals surface area contributed by atoms with Crippen molar-refractivity contribution in [1.29, 1.82) is 0 Å². The molecule has 0 radical (unpaired) electrons. The number of methoxy groups -OCH3 is 1. The second-order valence-electron chi connectivity index (χ2n) is 5.30. The van der Waals surface area contributed by atoms with Crippen molar-refractivity contribution in [1.82, 2.24) is 0 Å². The molecule has 2 heteroatoms. The van der Waals surface area contributed by atoms with Crippen molar-refractivity contribution in [3.05, 3.63) is 35.4 Å². The van der Waals surface area contributed by atoms with Gasteiger partial charge in [0.1, 0.15) is 6.10 Å². The highest BCUT2D eigenvalue weighted by atomic mass is 16.5. The van der Waals surface area contributed by atoms with E-state index in [9.17, 15) is 5.11 Å². The summed E-state index contributed by atoms with van der Waals surface area (Å²) in [6.07, 6.45) is 5.31. The van der Waals surface area contributed by atoms with E-state index in [-0.39, 0.29) is 6.10 Å². The van der Waals surface area contributed by atoms with Crippen LogP contribution in [0, 0.1) is 0 Å². The van der Waals surface area contributed by atoms with Gasteiger partial charge in [-0.3, -0.25) is 0 Å². The van der Waals surface area contributed by atoms with E-state index < -0.39 is 6.10 Å². The second-order valence-corrected chi connectivity index (χ2v) is 5.30. The molecule has 100 valence electrons. The lowest BCUT2D eigenvalue weighted by atomic mass is 9.80. The maximum atomic E-state index is 10.3. The highest BCUT2D eigenvalue weighted by molar-refractivity contribution is 5.28. The zero-order chi connectivity index (χ0) is 13.0. The van der Waals surface area contributed by atoms with Gasteiger partial charge in [-0.15, -0.1) is 0 Å². The van der Waals surface area contributed by atoms with E-state index in [0.717, 1.165) is 24.3 Å². The molecule has 2 atom stereocenters. The van der Waals surface area contributed by atoms with E-state index in [4.69, 9.17) is 4.74 Å². The summed E-state index contributed by atoms with van der Waals surface area (Å²) in [5.74, 6) is 0.755. The first-order chi connectivity index (χ1) is 8.76. The molecule has 1 N–H and O–H groups in total. The van der Waals surface area contributed by atoms with Crippen molar-refractivity contribution in [2.24, 2.45) is 0 Å². The third-order valence-corrected chi connectivity index (χ3v) is 4.08. The maximum absolute atomic E-state index is 10.3. The van der Waals surface area contributed by atoms with Crippen molar-refractivity contribution in [3.8, 4) is 0 Å². The Kier molecular flexibility index (Phi) is 4.79. The molecule has 18 heavy (non-hydrogen) atoms. The zero-order valence-electron chi connectivity index (χ0n) is 11.4. The van der Waals surface area contributed by atoms with E-state index in [0.29, 0.717) is 0 Å². The van der Waals surface area contributed by atoms with E-state index in [2.05, 4.69) is 31.2 Å². The molecule has 1 aliphatic rings. The van der Waals surface area contributed by atoms with Crippen molar-refractivity contribution in [2.45, 2.75) is 57.2 Å². The monoisotopic (exact) mass is 248 g/mol.